The smallest absolute Gasteiger partial charge is 0.261 e. The summed E-state index contributed by atoms with van der Waals surface area (Å²) in [6.45, 7) is 0.700. The molecule has 1 aliphatic heterocycles. The number of hydrogen-bond acceptors (Lipinski definition) is 3. The summed E-state index contributed by atoms with van der Waals surface area (Å²) in [5, 5.41) is 4.99. The Morgan fingerprint density at radius 2 is 2.13 bits per heavy atom. The molecule has 1 amide bonds. The lowest BCUT2D eigenvalue weighted by molar-refractivity contribution is 0.0734. The first kappa shape index (κ1) is 14.2. The number of rotatable bonds is 2. The van der Waals surface area contributed by atoms with E-state index in [1.54, 1.807) is 17.4 Å². The Bertz CT molecular complexity index is 914. The van der Waals surface area contributed by atoms with E-state index in [2.05, 4.69) is 16.4 Å². The third-order valence-electron chi connectivity index (χ3n) is 4.43. The van der Waals surface area contributed by atoms with Gasteiger partial charge in [-0.2, -0.15) is 11.3 Å². The SMILES string of the molecule is O=C(c1cc2ccccc2[nH]c1=O)N1CCC[C@H]1c1ccsc1. The highest BCUT2D eigenvalue weighted by Gasteiger charge is 2.31. The van der Waals surface area contributed by atoms with Crippen LogP contribution in [-0.4, -0.2) is 22.3 Å². The summed E-state index contributed by atoms with van der Waals surface area (Å²) in [5.41, 5.74) is 1.83. The normalized spacial score (nSPS) is 17.7. The van der Waals surface area contributed by atoms with E-state index in [1.165, 1.54) is 0 Å². The number of pyridine rings is 1. The number of carbonyl (C=O) groups is 1. The molecule has 1 N–H and O–H groups in total. The van der Waals surface area contributed by atoms with Gasteiger partial charge >= 0.3 is 0 Å². The molecule has 116 valence electrons. The van der Waals surface area contributed by atoms with Gasteiger partial charge in [-0.15, -0.1) is 0 Å². The number of H-pyrrole nitrogens is 1. The largest absolute Gasteiger partial charge is 0.331 e. The molecule has 4 rings (SSSR count). The van der Waals surface area contributed by atoms with Gasteiger partial charge in [0.25, 0.3) is 11.5 Å². The second-order valence-corrected chi connectivity index (χ2v) is 6.59. The predicted octanol–water partition coefficient (Wildman–Crippen LogP) is 3.57. The molecule has 3 aromatic rings. The van der Waals surface area contributed by atoms with E-state index in [9.17, 15) is 9.59 Å². The monoisotopic (exact) mass is 324 g/mol. The summed E-state index contributed by atoms with van der Waals surface area (Å²) < 4.78 is 0. The molecule has 1 fully saturated rings. The van der Waals surface area contributed by atoms with Crippen LogP contribution in [0.25, 0.3) is 10.9 Å². The highest BCUT2D eigenvalue weighted by Crippen LogP contribution is 2.33. The second-order valence-electron chi connectivity index (χ2n) is 5.81. The number of likely N-dealkylation sites (tertiary alicyclic amines) is 1. The van der Waals surface area contributed by atoms with Gasteiger partial charge in [-0.3, -0.25) is 9.59 Å². The number of hydrogen-bond donors (Lipinski definition) is 1. The van der Waals surface area contributed by atoms with E-state index in [0.717, 1.165) is 29.3 Å². The lowest BCUT2D eigenvalue weighted by atomic mass is 10.1. The van der Waals surface area contributed by atoms with Crippen LogP contribution < -0.4 is 5.56 Å². The van der Waals surface area contributed by atoms with Gasteiger partial charge in [-0.25, -0.2) is 0 Å². The summed E-state index contributed by atoms with van der Waals surface area (Å²) in [4.78, 5) is 29.9. The molecular formula is C18H16N2O2S. The number of fused-ring (bicyclic) bond motifs is 1. The number of para-hydroxylation sites is 1. The average Bonchev–Trinajstić information content (AvgIpc) is 3.24. The van der Waals surface area contributed by atoms with E-state index >= 15 is 0 Å². The molecule has 2 aromatic heterocycles. The fourth-order valence-corrected chi connectivity index (χ4v) is 3.99. The number of nitrogens with zero attached hydrogens (tertiary/aromatic N) is 1. The van der Waals surface area contributed by atoms with Crippen LogP contribution in [0.15, 0.2) is 52.0 Å². The Labute approximate surface area is 137 Å². The number of aromatic amines is 1. The van der Waals surface area contributed by atoms with Crippen LogP contribution in [-0.2, 0) is 0 Å². The molecule has 0 unspecified atom stereocenters. The van der Waals surface area contributed by atoms with Gasteiger partial charge in [0.15, 0.2) is 0 Å². The number of nitrogens with one attached hydrogen (secondary N) is 1. The van der Waals surface area contributed by atoms with Crippen molar-refractivity contribution in [2.75, 3.05) is 6.54 Å². The lowest BCUT2D eigenvalue weighted by Gasteiger charge is -2.24. The van der Waals surface area contributed by atoms with Crippen LogP contribution >= 0.6 is 11.3 Å². The first-order chi connectivity index (χ1) is 11.2. The zero-order valence-electron chi connectivity index (χ0n) is 12.5. The minimum Gasteiger partial charge on any atom is -0.331 e. The van der Waals surface area contributed by atoms with Gasteiger partial charge in [0, 0.05) is 12.1 Å². The maximum atomic E-state index is 12.9. The lowest BCUT2D eigenvalue weighted by Crippen LogP contribution is -2.34. The number of benzene rings is 1. The Balaban J connectivity index is 1.74. The second kappa shape index (κ2) is 5.66. The summed E-state index contributed by atoms with van der Waals surface area (Å²) in [6.07, 6.45) is 1.92. The van der Waals surface area contributed by atoms with Crippen LogP contribution in [0.2, 0.25) is 0 Å². The Morgan fingerprint density at radius 1 is 1.26 bits per heavy atom. The van der Waals surface area contributed by atoms with Gasteiger partial charge in [0.2, 0.25) is 0 Å². The summed E-state index contributed by atoms with van der Waals surface area (Å²) in [6, 6.07) is 11.4. The first-order valence-electron chi connectivity index (χ1n) is 7.69. The maximum absolute atomic E-state index is 12.9. The summed E-state index contributed by atoms with van der Waals surface area (Å²) in [7, 11) is 0. The van der Waals surface area contributed by atoms with Crippen molar-refractivity contribution in [1.29, 1.82) is 0 Å². The molecule has 1 aromatic carbocycles. The van der Waals surface area contributed by atoms with Crippen molar-refractivity contribution in [3.63, 3.8) is 0 Å². The van der Waals surface area contributed by atoms with Crippen molar-refractivity contribution >= 4 is 28.1 Å². The Kier molecular flexibility index (Phi) is 3.50. The molecule has 0 bridgehead atoms. The molecule has 0 spiro atoms. The minimum atomic E-state index is -0.315. The average molecular weight is 324 g/mol. The number of carbonyl (C=O) groups excluding carboxylic acids is 1. The van der Waals surface area contributed by atoms with Crippen molar-refractivity contribution in [2.24, 2.45) is 0 Å². The predicted molar refractivity (Wildman–Crippen MR) is 91.9 cm³/mol. The zero-order chi connectivity index (χ0) is 15.8. The van der Waals surface area contributed by atoms with E-state index in [-0.39, 0.29) is 23.1 Å². The first-order valence-corrected chi connectivity index (χ1v) is 8.63. The summed E-state index contributed by atoms with van der Waals surface area (Å²) >= 11 is 1.64. The molecule has 0 saturated carbocycles. The molecule has 5 heteroatoms. The van der Waals surface area contributed by atoms with Crippen LogP contribution in [0.1, 0.15) is 34.8 Å². The van der Waals surface area contributed by atoms with Gasteiger partial charge in [-0.05, 0) is 52.8 Å². The van der Waals surface area contributed by atoms with Gasteiger partial charge in [-0.1, -0.05) is 18.2 Å². The molecule has 23 heavy (non-hydrogen) atoms. The number of amides is 1. The highest BCUT2D eigenvalue weighted by molar-refractivity contribution is 7.08. The minimum absolute atomic E-state index is 0.0830. The molecular weight excluding hydrogens is 308 g/mol. The number of thiophene rings is 1. The van der Waals surface area contributed by atoms with Crippen LogP contribution in [0, 0.1) is 0 Å². The standard InChI is InChI=1S/C18H16N2O2S/c21-17-14(10-12-4-1-2-5-15(12)19-17)18(22)20-8-3-6-16(20)13-7-9-23-11-13/h1-2,4-5,7,9-11,16H,3,6,8H2,(H,19,21)/t16-/m0/s1. The molecule has 0 aliphatic carbocycles. The Morgan fingerprint density at radius 3 is 2.96 bits per heavy atom. The van der Waals surface area contributed by atoms with Crippen molar-refractivity contribution in [1.82, 2.24) is 9.88 Å². The van der Waals surface area contributed by atoms with E-state index in [1.807, 2.05) is 34.5 Å². The van der Waals surface area contributed by atoms with Crippen molar-refractivity contribution < 1.29 is 4.79 Å². The van der Waals surface area contributed by atoms with Crippen molar-refractivity contribution in [3.8, 4) is 0 Å². The zero-order valence-corrected chi connectivity index (χ0v) is 13.3. The highest BCUT2D eigenvalue weighted by atomic mass is 32.1. The van der Waals surface area contributed by atoms with E-state index < -0.39 is 0 Å². The molecule has 3 heterocycles. The fraction of sp³-hybridized carbons (Fsp3) is 0.222. The molecule has 1 atom stereocenters. The Hall–Kier alpha value is -2.40. The fourth-order valence-electron chi connectivity index (χ4n) is 3.28. The van der Waals surface area contributed by atoms with Crippen LogP contribution in [0.3, 0.4) is 0 Å². The molecule has 1 saturated heterocycles. The van der Waals surface area contributed by atoms with Gasteiger partial charge in [0.05, 0.1) is 6.04 Å². The number of aromatic nitrogens is 1. The van der Waals surface area contributed by atoms with Gasteiger partial charge < -0.3 is 9.88 Å². The van der Waals surface area contributed by atoms with Crippen molar-refractivity contribution in [3.05, 3.63) is 68.6 Å². The van der Waals surface area contributed by atoms with Crippen molar-refractivity contribution in [2.45, 2.75) is 18.9 Å². The molecule has 4 nitrogen and oxygen atoms in total. The topological polar surface area (TPSA) is 53.2 Å². The van der Waals surface area contributed by atoms with Gasteiger partial charge in [0.1, 0.15) is 5.56 Å². The maximum Gasteiger partial charge on any atom is 0.261 e. The third kappa shape index (κ3) is 2.47. The quantitative estimate of drug-likeness (QED) is 0.783. The van der Waals surface area contributed by atoms with Crippen LogP contribution in [0.5, 0.6) is 0 Å². The van der Waals surface area contributed by atoms with Crippen LogP contribution in [0.4, 0.5) is 0 Å². The van der Waals surface area contributed by atoms with E-state index in [0.29, 0.717) is 6.54 Å². The molecule has 1 aliphatic rings. The molecule has 0 radical (unpaired) electrons. The van der Waals surface area contributed by atoms with E-state index in [4.69, 9.17) is 0 Å². The summed E-state index contributed by atoms with van der Waals surface area (Å²) in [5.74, 6) is -0.175. The third-order valence-corrected chi connectivity index (χ3v) is 5.13.